The van der Waals surface area contributed by atoms with Crippen LogP contribution in [0, 0.1) is 5.92 Å². The minimum atomic E-state index is -0.895. The predicted molar refractivity (Wildman–Crippen MR) is 106 cm³/mol. The van der Waals surface area contributed by atoms with Crippen LogP contribution in [0.3, 0.4) is 0 Å². The van der Waals surface area contributed by atoms with Crippen molar-refractivity contribution in [2.75, 3.05) is 0 Å². The molecule has 1 N–H and O–H groups in total. The maximum Gasteiger partial charge on any atom is 0.309 e. The molecular weight excluding hydrogens is 340 g/mol. The number of hydrogen-bond acceptors (Lipinski definition) is 3. The number of carboxylic acids is 1. The highest BCUT2D eigenvalue weighted by atomic mass is 16.6. The highest BCUT2D eigenvalue weighted by Crippen LogP contribution is 2.27. The zero-order chi connectivity index (χ0) is 19.9. The number of benzene rings is 2. The lowest BCUT2D eigenvalue weighted by Gasteiger charge is -2.24. The largest absolute Gasteiger partial charge is 0.481 e. The second-order valence-electron chi connectivity index (χ2n) is 7.72. The summed E-state index contributed by atoms with van der Waals surface area (Å²) in [6.07, 6.45) is 1.50. The molecule has 0 spiro atoms. The fourth-order valence-corrected chi connectivity index (χ4v) is 3.03. The van der Waals surface area contributed by atoms with E-state index in [0.29, 0.717) is 12.8 Å². The number of aryl methyl sites for hydroxylation is 1. The second kappa shape index (κ2) is 9.36. The predicted octanol–water partition coefficient (Wildman–Crippen LogP) is 5.11. The van der Waals surface area contributed by atoms with Gasteiger partial charge >= 0.3 is 11.9 Å². The van der Waals surface area contributed by atoms with Crippen molar-refractivity contribution in [3.05, 3.63) is 60.2 Å². The Labute approximate surface area is 161 Å². The topological polar surface area (TPSA) is 63.6 Å². The lowest BCUT2D eigenvalue weighted by Crippen LogP contribution is -2.29. The number of carbonyl (C=O) groups excluding carboxylic acids is 1. The molecule has 0 unspecified atom stereocenters. The van der Waals surface area contributed by atoms with Crippen LogP contribution in [-0.2, 0) is 20.7 Å². The summed E-state index contributed by atoms with van der Waals surface area (Å²) in [5.74, 6) is -1.64. The summed E-state index contributed by atoms with van der Waals surface area (Å²) in [6.45, 7) is 5.47. The number of hydrogen-bond donors (Lipinski definition) is 1. The zero-order valence-corrected chi connectivity index (χ0v) is 16.3. The summed E-state index contributed by atoms with van der Waals surface area (Å²) in [7, 11) is 0. The zero-order valence-electron chi connectivity index (χ0n) is 16.3. The highest BCUT2D eigenvalue weighted by molar-refractivity contribution is 5.74. The molecule has 0 aliphatic rings. The van der Waals surface area contributed by atoms with E-state index < -0.39 is 17.5 Å². The normalized spacial score (nSPS) is 12.4. The third kappa shape index (κ3) is 6.89. The molecule has 0 radical (unpaired) electrons. The molecule has 0 aromatic heterocycles. The smallest absolute Gasteiger partial charge is 0.309 e. The number of rotatable bonds is 8. The van der Waals surface area contributed by atoms with Crippen molar-refractivity contribution in [3.8, 4) is 11.1 Å². The number of carboxylic acid groups (broad SMARTS) is 1. The van der Waals surface area contributed by atoms with Gasteiger partial charge in [0, 0.05) is 6.42 Å². The first-order valence-electron chi connectivity index (χ1n) is 9.34. The lowest BCUT2D eigenvalue weighted by molar-refractivity contribution is -0.160. The van der Waals surface area contributed by atoms with Gasteiger partial charge in [0.05, 0.1) is 5.92 Å². The van der Waals surface area contributed by atoms with Gasteiger partial charge in [-0.15, -0.1) is 0 Å². The van der Waals surface area contributed by atoms with Gasteiger partial charge in [-0.1, -0.05) is 54.6 Å². The Morgan fingerprint density at radius 2 is 1.59 bits per heavy atom. The molecule has 0 saturated carbocycles. The van der Waals surface area contributed by atoms with E-state index in [-0.39, 0.29) is 18.8 Å². The van der Waals surface area contributed by atoms with Crippen molar-refractivity contribution in [2.24, 2.45) is 5.92 Å². The van der Waals surface area contributed by atoms with E-state index in [1.807, 2.05) is 51.1 Å². The summed E-state index contributed by atoms with van der Waals surface area (Å²) in [6, 6.07) is 18.2. The minimum absolute atomic E-state index is 0.0375. The Morgan fingerprint density at radius 1 is 0.963 bits per heavy atom. The van der Waals surface area contributed by atoms with Crippen molar-refractivity contribution >= 4 is 11.9 Å². The van der Waals surface area contributed by atoms with Crippen LogP contribution in [0.5, 0.6) is 0 Å². The summed E-state index contributed by atoms with van der Waals surface area (Å²) >= 11 is 0. The van der Waals surface area contributed by atoms with Crippen LogP contribution in [0.4, 0.5) is 0 Å². The summed E-state index contributed by atoms with van der Waals surface area (Å²) < 4.78 is 5.50. The van der Waals surface area contributed by atoms with Crippen LogP contribution in [0.1, 0.15) is 45.6 Å². The maximum absolute atomic E-state index is 12.5. The van der Waals surface area contributed by atoms with Crippen molar-refractivity contribution in [1.29, 1.82) is 0 Å². The average Bonchev–Trinajstić information content (AvgIpc) is 2.61. The van der Waals surface area contributed by atoms with Gasteiger partial charge < -0.3 is 9.84 Å². The Bertz CT molecular complexity index is 759. The summed E-state index contributed by atoms with van der Waals surface area (Å²) in [5, 5.41) is 9.00. The van der Waals surface area contributed by atoms with E-state index in [4.69, 9.17) is 9.84 Å². The Hall–Kier alpha value is -2.62. The van der Waals surface area contributed by atoms with Crippen LogP contribution in [0.15, 0.2) is 54.6 Å². The fourth-order valence-electron chi connectivity index (χ4n) is 3.03. The maximum atomic E-state index is 12.5. The van der Waals surface area contributed by atoms with Crippen LogP contribution in [0.2, 0.25) is 0 Å². The Kier molecular flexibility index (Phi) is 7.17. The van der Waals surface area contributed by atoms with Gasteiger partial charge in [0.1, 0.15) is 5.60 Å². The molecule has 0 bridgehead atoms. The van der Waals surface area contributed by atoms with Gasteiger partial charge in [0.15, 0.2) is 0 Å². The van der Waals surface area contributed by atoms with Gasteiger partial charge in [0.2, 0.25) is 0 Å². The molecule has 1 atom stereocenters. The molecule has 2 aromatic rings. The minimum Gasteiger partial charge on any atom is -0.481 e. The third-order valence-electron chi connectivity index (χ3n) is 4.31. The van der Waals surface area contributed by atoms with Gasteiger partial charge in [-0.25, -0.2) is 0 Å². The van der Waals surface area contributed by atoms with Crippen molar-refractivity contribution in [1.82, 2.24) is 0 Å². The van der Waals surface area contributed by atoms with Gasteiger partial charge in [-0.2, -0.15) is 0 Å². The molecule has 27 heavy (non-hydrogen) atoms. The van der Waals surface area contributed by atoms with E-state index in [9.17, 15) is 9.59 Å². The number of aliphatic carboxylic acids is 1. The van der Waals surface area contributed by atoms with E-state index in [0.717, 1.165) is 16.7 Å². The molecule has 0 heterocycles. The second-order valence-corrected chi connectivity index (χ2v) is 7.72. The van der Waals surface area contributed by atoms with Crippen molar-refractivity contribution in [2.45, 2.75) is 52.1 Å². The van der Waals surface area contributed by atoms with E-state index in [2.05, 4.69) is 24.3 Å². The van der Waals surface area contributed by atoms with Crippen LogP contribution in [-0.4, -0.2) is 22.6 Å². The summed E-state index contributed by atoms with van der Waals surface area (Å²) in [4.78, 5) is 23.5. The SMILES string of the molecule is CC(C)(C)OC(=O)[C@H](CCC(=O)O)CCc1ccccc1-c1ccccc1. The molecule has 2 aromatic carbocycles. The molecule has 0 amide bonds. The van der Waals surface area contributed by atoms with Crippen LogP contribution >= 0.6 is 0 Å². The number of carbonyl (C=O) groups is 2. The third-order valence-corrected chi connectivity index (χ3v) is 4.31. The first-order valence-corrected chi connectivity index (χ1v) is 9.34. The molecule has 2 rings (SSSR count). The first kappa shape index (κ1) is 20.7. The van der Waals surface area contributed by atoms with E-state index in [1.165, 1.54) is 0 Å². The quantitative estimate of drug-likeness (QED) is 0.658. The highest BCUT2D eigenvalue weighted by Gasteiger charge is 2.25. The number of ether oxygens (including phenoxy) is 1. The van der Waals surface area contributed by atoms with Crippen LogP contribution < -0.4 is 0 Å². The molecule has 4 nitrogen and oxygen atoms in total. The van der Waals surface area contributed by atoms with Crippen molar-refractivity contribution < 1.29 is 19.4 Å². The first-order chi connectivity index (χ1) is 12.8. The van der Waals surface area contributed by atoms with Crippen molar-refractivity contribution in [3.63, 3.8) is 0 Å². The van der Waals surface area contributed by atoms with Crippen LogP contribution in [0.25, 0.3) is 11.1 Å². The van der Waals surface area contributed by atoms with E-state index >= 15 is 0 Å². The molecule has 0 aliphatic heterocycles. The molecule has 144 valence electrons. The Morgan fingerprint density at radius 3 is 2.22 bits per heavy atom. The number of esters is 1. The van der Waals surface area contributed by atoms with Gasteiger partial charge in [0.25, 0.3) is 0 Å². The van der Waals surface area contributed by atoms with Gasteiger partial charge in [-0.05, 0) is 56.7 Å². The monoisotopic (exact) mass is 368 g/mol. The molecular formula is C23H28O4. The lowest BCUT2D eigenvalue weighted by atomic mass is 9.91. The fraction of sp³-hybridized carbons (Fsp3) is 0.391. The molecule has 0 aliphatic carbocycles. The summed E-state index contributed by atoms with van der Waals surface area (Å²) in [5.41, 5.74) is 2.83. The molecule has 0 saturated heterocycles. The van der Waals surface area contributed by atoms with Gasteiger partial charge in [-0.3, -0.25) is 9.59 Å². The van der Waals surface area contributed by atoms with E-state index in [1.54, 1.807) is 0 Å². The average molecular weight is 368 g/mol. The standard InChI is InChI=1S/C23H28O4/c1-23(2,3)27-22(26)19(15-16-21(24)25)14-13-18-11-7-8-12-20(18)17-9-5-4-6-10-17/h4-12,19H,13-16H2,1-3H3,(H,24,25)/t19-/m0/s1. The molecule has 4 heteroatoms. The molecule has 0 fully saturated rings. The Balaban J connectivity index is 2.14.